The maximum Gasteiger partial charge on any atom is 0.252 e. The minimum Gasteiger partial charge on any atom is -0.494 e. The fourth-order valence-corrected chi connectivity index (χ4v) is 5.61. The zero-order valence-corrected chi connectivity index (χ0v) is 26.2. The van der Waals surface area contributed by atoms with Gasteiger partial charge in [0.2, 0.25) is 0 Å². The number of carbonyl (C=O) groups is 2. The van der Waals surface area contributed by atoms with Crippen molar-refractivity contribution in [3.05, 3.63) is 80.0 Å². The monoisotopic (exact) mass is 718 g/mol. The number of hydrogen-bond donors (Lipinski definition) is 3. The first kappa shape index (κ1) is 30.8. The smallest absolute Gasteiger partial charge is 0.252 e. The van der Waals surface area contributed by atoms with Crippen LogP contribution in [0.25, 0.3) is 22.2 Å². The second-order valence-electron chi connectivity index (χ2n) is 10.0. The number of aliphatic hydroxyl groups is 1. The lowest BCUT2D eigenvalue weighted by molar-refractivity contribution is 0.00946. The predicted octanol–water partition coefficient (Wildman–Crippen LogP) is 5.63. The summed E-state index contributed by atoms with van der Waals surface area (Å²) in [6.45, 7) is 1.45. The van der Waals surface area contributed by atoms with Gasteiger partial charge in [-0.25, -0.2) is 13.8 Å². The zero-order chi connectivity index (χ0) is 31.1. The van der Waals surface area contributed by atoms with Crippen LogP contribution < -0.4 is 20.5 Å². The minimum absolute atomic E-state index is 0.0216. The fraction of sp³-hybridized carbons (Fsp3) is 0.267. The van der Waals surface area contributed by atoms with Crippen LogP contribution >= 0.6 is 31.9 Å². The molecular weight excluding hydrogens is 694 g/mol. The Bertz CT molecular complexity index is 1770. The van der Waals surface area contributed by atoms with Crippen LogP contribution in [0.15, 0.2) is 51.5 Å². The molecule has 0 radical (unpaired) electrons. The summed E-state index contributed by atoms with van der Waals surface area (Å²) in [5.74, 6) is -3.27. The van der Waals surface area contributed by atoms with E-state index < -0.39 is 33.5 Å². The Morgan fingerprint density at radius 3 is 2.58 bits per heavy atom. The molecule has 2 aromatic heterocycles. The van der Waals surface area contributed by atoms with Gasteiger partial charge in [-0.05, 0) is 93.9 Å². The van der Waals surface area contributed by atoms with E-state index in [2.05, 4.69) is 47.1 Å². The lowest BCUT2D eigenvalue weighted by atomic mass is 9.90. The third-order valence-electron chi connectivity index (χ3n) is 7.23. The molecule has 0 unspecified atom stereocenters. The van der Waals surface area contributed by atoms with Crippen LogP contribution in [0, 0.1) is 17.6 Å². The zero-order valence-electron chi connectivity index (χ0n) is 23.0. The van der Waals surface area contributed by atoms with Crippen LogP contribution in [0.3, 0.4) is 0 Å². The number of primary amides is 1. The average molecular weight is 720 g/mol. The van der Waals surface area contributed by atoms with Crippen LogP contribution in [0.5, 0.6) is 11.5 Å². The molecule has 4 N–H and O–H groups in total. The molecule has 0 bridgehead atoms. The van der Waals surface area contributed by atoms with Gasteiger partial charge in [0.1, 0.15) is 34.2 Å². The molecule has 1 fully saturated rings. The van der Waals surface area contributed by atoms with E-state index in [0.29, 0.717) is 29.5 Å². The number of pyridine rings is 2. The van der Waals surface area contributed by atoms with E-state index >= 15 is 4.39 Å². The van der Waals surface area contributed by atoms with Crippen molar-refractivity contribution in [1.82, 2.24) is 15.3 Å². The quantitative estimate of drug-likeness (QED) is 0.181. The molecule has 0 aliphatic heterocycles. The van der Waals surface area contributed by atoms with Crippen molar-refractivity contribution in [2.75, 3.05) is 20.3 Å². The second kappa shape index (κ2) is 12.1. The largest absolute Gasteiger partial charge is 0.494 e. The van der Waals surface area contributed by atoms with Crippen molar-refractivity contribution in [3.8, 4) is 22.8 Å². The summed E-state index contributed by atoms with van der Waals surface area (Å²) in [5, 5.41) is 15.4. The molecule has 4 aromatic rings. The minimum atomic E-state index is -1.77. The molecule has 2 amide bonds. The predicted molar refractivity (Wildman–Crippen MR) is 162 cm³/mol. The Morgan fingerprint density at radius 2 is 1.93 bits per heavy atom. The number of fused-ring (bicyclic) bond motifs is 1. The standard InChI is InChI=1S/C30H26Br2F2N4O5/c1-3-43-27-19(28(35)39)11-22(38-26(27)18-6-7-20(33)23(32)24(18)34)30(41,16-4-5-16)13-37-29(40)15-8-14-9-17(31)12-36-25(14)21(10-15)42-2/h6-12,16,41H,3-5,13H2,1-2H3,(H2,35,39)(H,37,40)/t30-/m1/s1. The third kappa shape index (κ3) is 5.93. The van der Waals surface area contributed by atoms with E-state index in [1.165, 1.54) is 13.2 Å². The molecule has 0 saturated heterocycles. The van der Waals surface area contributed by atoms with E-state index in [1.54, 1.807) is 31.3 Å². The maximum absolute atomic E-state index is 15.3. The van der Waals surface area contributed by atoms with Gasteiger partial charge in [0.25, 0.3) is 11.8 Å². The first-order valence-corrected chi connectivity index (χ1v) is 14.8. The van der Waals surface area contributed by atoms with E-state index in [4.69, 9.17) is 15.2 Å². The molecule has 1 aliphatic carbocycles. The van der Waals surface area contributed by atoms with Crippen molar-refractivity contribution in [1.29, 1.82) is 0 Å². The van der Waals surface area contributed by atoms with Gasteiger partial charge in [-0.15, -0.1) is 0 Å². The number of aromatic nitrogens is 2. The summed E-state index contributed by atoms with van der Waals surface area (Å²) in [5.41, 5.74) is 4.27. The number of rotatable bonds is 10. The Labute approximate surface area is 262 Å². The van der Waals surface area contributed by atoms with Crippen LogP contribution in [-0.2, 0) is 5.60 Å². The number of nitrogens with zero attached hydrogens (tertiary/aromatic N) is 2. The van der Waals surface area contributed by atoms with E-state index in [0.717, 1.165) is 16.6 Å². The number of halogens is 4. The summed E-state index contributed by atoms with van der Waals surface area (Å²) >= 11 is 6.28. The number of ether oxygens (including phenoxy) is 2. The van der Waals surface area contributed by atoms with Crippen molar-refractivity contribution in [2.24, 2.45) is 11.7 Å². The molecule has 1 saturated carbocycles. The van der Waals surface area contributed by atoms with Gasteiger partial charge in [-0.1, -0.05) is 0 Å². The van der Waals surface area contributed by atoms with Crippen molar-refractivity contribution in [2.45, 2.75) is 25.4 Å². The lowest BCUT2D eigenvalue weighted by Gasteiger charge is -2.29. The van der Waals surface area contributed by atoms with E-state index in [9.17, 15) is 19.1 Å². The van der Waals surface area contributed by atoms with Gasteiger partial charge in [-0.3, -0.25) is 14.6 Å². The number of carbonyl (C=O) groups excluding carboxylic acids is 2. The summed E-state index contributed by atoms with van der Waals surface area (Å²) in [4.78, 5) is 34.8. The fourth-order valence-electron chi connectivity index (χ4n) is 4.92. The summed E-state index contributed by atoms with van der Waals surface area (Å²) in [7, 11) is 1.47. The number of methoxy groups -OCH3 is 1. The number of hydrogen-bond acceptors (Lipinski definition) is 7. The van der Waals surface area contributed by atoms with Gasteiger partial charge in [0.05, 0.1) is 36.0 Å². The van der Waals surface area contributed by atoms with Gasteiger partial charge in [0.15, 0.2) is 5.75 Å². The molecule has 5 rings (SSSR count). The molecule has 224 valence electrons. The highest BCUT2D eigenvalue weighted by Crippen LogP contribution is 2.47. The SMILES string of the molecule is CCOc1c(C(N)=O)cc([C@@](O)(CNC(=O)c2cc(OC)c3ncc(Br)cc3c2)C2CC2)nc1-c1ccc(F)c(Br)c1F. The third-order valence-corrected chi connectivity index (χ3v) is 8.39. The molecule has 2 heterocycles. The lowest BCUT2D eigenvalue weighted by Crippen LogP contribution is -2.43. The Balaban J connectivity index is 1.57. The molecular formula is C30H26Br2F2N4O5. The highest BCUT2D eigenvalue weighted by atomic mass is 79.9. The molecule has 43 heavy (non-hydrogen) atoms. The van der Waals surface area contributed by atoms with Gasteiger partial charge in [-0.2, -0.15) is 0 Å². The van der Waals surface area contributed by atoms with Crippen LogP contribution in [0.4, 0.5) is 8.78 Å². The van der Waals surface area contributed by atoms with Crippen molar-refractivity contribution >= 4 is 54.6 Å². The molecule has 0 spiro atoms. The molecule has 13 heteroatoms. The summed E-state index contributed by atoms with van der Waals surface area (Å²) in [6, 6.07) is 8.48. The Hall–Kier alpha value is -3.68. The maximum atomic E-state index is 15.3. The van der Waals surface area contributed by atoms with Crippen LogP contribution in [0.1, 0.15) is 46.2 Å². The second-order valence-corrected chi connectivity index (χ2v) is 11.7. The van der Waals surface area contributed by atoms with Crippen LogP contribution in [0.2, 0.25) is 0 Å². The highest BCUT2D eigenvalue weighted by Gasteiger charge is 2.47. The Morgan fingerprint density at radius 1 is 1.19 bits per heavy atom. The molecule has 1 atom stereocenters. The van der Waals surface area contributed by atoms with E-state index in [1.807, 2.05) is 0 Å². The number of benzene rings is 2. The first-order valence-electron chi connectivity index (χ1n) is 13.2. The normalized spacial score (nSPS) is 14.3. The van der Waals surface area contributed by atoms with Gasteiger partial charge < -0.3 is 25.6 Å². The highest BCUT2D eigenvalue weighted by molar-refractivity contribution is 9.10. The molecule has 2 aromatic carbocycles. The van der Waals surface area contributed by atoms with Crippen molar-refractivity contribution in [3.63, 3.8) is 0 Å². The van der Waals surface area contributed by atoms with Gasteiger partial charge in [0, 0.05) is 27.2 Å². The van der Waals surface area contributed by atoms with E-state index in [-0.39, 0.29) is 52.9 Å². The Kier molecular flexibility index (Phi) is 8.68. The molecule has 1 aliphatic rings. The van der Waals surface area contributed by atoms with Crippen molar-refractivity contribution < 1.29 is 33.0 Å². The summed E-state index contributed by atoms with van der Waals surface area (Å²) < 4.78 is 40.8. The van der Waals surface area contributed by atoms with Gasteiger partial charge >= 0.3 is 0 Å². The topological polar surface area (TPSA) is 137 Å². The molecule has 9 nitrogen and oxygen atoms in total. The number of nitrogens with one attached hydrogen (secondary N) is 1. The first-order chi connectivity index (χ1) is 20.5. The number of amides is 2. The summed E-state index contributed by atoms with van der Waals surface area (Å²) in [6.07, 6.45) is 2.85. The average Bonchev–Trinajstić information content (AvgIpc) is 3.84. The number of nitrogens with two attached hydrogens (primary N) is 1. The van der Waals surface area contributed by atoms with Crippen LogP contribution in [-0.4, -0.2) is 47.2 Å².